The number of hydrogen-bond donors (Lipinski definition) is 1. The average molecular weight is 327 g/mol. The lowest BCUT2D eigenvalue weighted by Gasteiger charge is -2.27. The number of rotatable bonds is 3. The molecule has 1 saturated heterocycles. The van der Waals surface area contributed by atoms with Gasteiger partial charge in [-0.15, -0.1) is 0 Å². The Morgan fingerprint density at radius 3 is 2.61 bits per heavy atom. The maximum atomic E-state index is 12.5. The first-order valence-corrected chi connectivity index (χ1v) is 7.94. The number of fused-ring (bicyclic) bond motifs is 1. The molecule has 2 aromatic rings. The number of para-hydroxylation sites is 1. The monoisotopic (exact) mass is 327 g/mol. The first-order chi connectivity index (χ1) is 11.1. The molecule has 1 fully saturated rings. The van der Waals surface area contributed by atoms with Gasteiger partial charge >= 0.3 is 0 Å². The number of aryl methyl sites for hydroxylation is 1. The van der Waals surface area contributed by atoms with Gasteiger partial charge in [0.25, 0.3) is 11.8 Å². The maximum absolute atomic E-state index is 12.5. The minimum atomic E-state index is -0.446. The highest BCUT2D eigenvalue weighted by molar-refractivity contribution is 7.80. The van der Waals surface area contributed by atoms with E-state index in [0.29, 0.717) is 6.54 Å². The van der Waals surface area contributed by atoms with Crippen molar-refractivity contribution in [2.45, 2.75) is 20.4 Å². The standard InChI is InChI=1S/C17H17N3O2S/c1-3-19-10-11(12-7-5-6-8-14(12)19)9-13-15(21)18-17(23)20(4-2)16(13)22/h5-10H,3-4H2,1-2H3,(H,18,21,23)/b13-9-. The molecule has 6 heteroatoms. The summed E-state index contributed by atoms with van der Waals surface area (Å²) in [6.07, 6.45) is 3.61. The van der Waals surface area contributed by atoms with Gasteiger partial charge in [0.1, 0.15) is 5.57 Å². The van der Waals surface area contributed by atoms with Gasteiger partial charge in [-0.1, -0.05) is 18.2 Å². The van der Waals surface area contributed by atoms with Crippen molar-refractivity contribution < 1.29 is 9.59 Å². The Balaban J connectivity index is 2.12. The summed E-state index contributed by atoms with van der Waals surface area (Å²) in [5, 5.41) is 3.75. The summed E-state index contributed by atoms with van der Waals surface area (Å²) in [5.41, 5.74) is 2.04. The van der Waals surface area contributed by atoms with Crippen LogP contribution in [0.5, 0.6) is 0 Å². The number of nitrogens with one attached hydrogen (secondary N) is 1. The predicted molar refractivity (Wildman–Crippen MR) is 93.7 cm³/mol. The van der Waals surface area contributed by atoms with Crippen LogP contribution in [0.3, 0.4) is 0 Å². The molecule has 0 unspecified atom stereocenters. The highest BCUT2D eigenvalue weighted by Crippen LogP contribution is 2.24. The van der Waals surface area contributed by atoms with Crippen LogP contribution in [0.4, 0.5) is 0 Å². The van der Waals surface area contributed by atoms with Crippen LogP contribution < -0.4 is 5.32 Å². The fraction of sp³-hybridized carbons (Fsp3) is 0.235. The molecule has 0 bridgehead atoms. The van der Waals surface area contributed by atoms with E-state index >= 15 is 0 Å². The Bertz CT molecular complexity index is 851. The number of benzene rings is 1. The predicted octanol–water partition coefficient (Wildman–Crippen LogP) is 2.31. The molecule has 0 spiro atoms. The highest BCUT2D eigenvalue weighted by atomic mass is 32.1. The fourth-order valence-corrected chi connectivity index (χ4v) is 3.09. The lowest BCUT2D eigenvalue weighted by Crippen LogP contribution is -2.53. The molecule has 2 amide bonds. The maximum Gasteiger partial charge on any atom is 0.265 e. The summed E-state index contributed by atoms with van der Waals surface area (Å²) in [4.78, 5) is 26.1. The molecule has 1 aliphatic rings. The van der Waals surface area contributed by atoms with Crippen LogP contribution in [0, 0.1) is 0 Å². The van der Waals surface area contributed by atoms with E-state index in [2.05, 4.69) is 16.8 Å². The first kappa shape index (κ1) is 15.4. The summed E-state index contributed by atoms with van der Waals surface area (Å²) in [5.74, 6) is -0.799. The summed E-state index contributed by atoms with van der Waals surface area (Å²) >= 11 is 5.04. The lowest BCUT2D eigenvalue weighted by atomic mass is 10.1. The van der Waals surface area contributed by atoms with E-state index in [1.54, 1.807) is 6.08 Å². The molecule has 23 heavy (non-hydrogen) atoms. The molecule has 1 aromatic carbocycles. The van der Waals surface area contributed by atoms with Gasteiger partial charge in [0.2, 0.25) is 0 Å². The summed E-state index contributed by atoms with van der Waals surface area (Å²) in [7, 11) is 0. The smallest absolute Gasteiger partial charge is 0.265 e. The molecular formula is C17H17N3O2S. The van der Waals surface area contributed by atoms with Crippen molar-refractivity contribution in [2.24, 2.45) is 0 Å². The summed E-state index contributed by atoms with van der Waals surface area (Å²) in [6, 6.07) is 7.93. The number of nitrogens with zero attached hydrogens (tertiary/aromatic N) is 2. The minimum absolute atomic E-state index is 0.111. The van der Waals surface area contributed by atoms with Gasteiger partial charge < -0.3 is 4.57 Å². The van der Waals surface area contributed by atoms with E-state index < -0.39 is 5.91 Å². The van der Waals surface area contributed by atoms with Crippen LogP contribution in [0.25, 0.3) is 17.0 Å². The molecule has 1 aromatic heterocycles. The molecule has 2 heterocycles. The molecular weight excluding hydrogens is 310 g/mol. The van der Waals surface area contributed by atoms with Crippen LogP contribution in [0.15, 0.2) is 36.0 Å². The lowest BCUT2D eigenvalue weighted by molar-refractivity contribution is -0.128. The third kappa shape index (κ3) is 2.55. The molecule has 0 aliphatic carbocycles. The van der Waals surface area contributed by atoms with E-state index in [1.807, 2.05) is 37.4 Å². The number of amides is 2. The molecule has 1 N–H and O–H groups in total. The van der Waals surface area contributed by atoms with Gasteiger partial charge in [-0.3, -0.25) is 19.8 Å². The number of carbonyl (C=O) groups excluding carboxylic acids is 2. The Kier molecular flexibility index (Phi) is 4.00. The molecule has 0 radical (unpaired) electrons. The van der Waals surface area contributed by atoms with Crippen molar-refractivity contribution in [1.82, 2.24) is 14.8 Å². The molecule has 3 rings (SSSR count). The van der Waals surface area contributed by atoms with E-state index in [-0.39, 0.29) is 16.6 Å². The minimum Gasteiger partial charge on any atom is -0.347 e. The second kappa shape index (κ2) is 5.96. The zero-order valence-corrected chi connectivity index (χ0v) is 13.8. The third-order valence-corrected chi connectivity index (χ3v) is 4.28. The second-order valence-electron chi connectivity index (χ2n) is 5.25. The summed E-state index contributed by atoms with van der Waals surface area (Å²) < 4.78 is 2.09. The van der Waals surface area contributed by atoms with E-state index in [9.17, 15) is 9.59 Å². The topological polar surface area (TPSA) is 54.3 Å². The van der Waals surface area contributed by atoms with Crippen molar-refractivity contribution in [1.29, 1.82) is 0 Å². The Morgan fingerprint density at radius 2 is 1.91 bits per heavy atom. The van der Waals surface area contributed by atoms with Gasteiger partial charge in [-0.25, -0.2) is 0 Å². The normalized spacial score (nSPS) is 17.2. The molecule has 118 valence electrons. The van der Waals surface area contributed by atoms with Gasteiger partial charge in [0.05, 0.1) is 0 Å². The van der Waals surface area contributed by atoms with Crippen molar-refractivity contribution in [3.8, 4) is 0 Å². The fourth-order valence-electron chi connectivity index (χ4n) is 2.79. The Morgan fingerprint density at radius 1 is 1.17 bits per heavy atom. The van der Waals surface area contributed by atoms with Crippen molar-refractivity contribution >= 4 is 46.1 Å². The third-order valence-electron chi connectivity index (χ3n) is 3.96. The number of hydrogen-bond acceptors (Lipinski definition) is 3. The van der Waals surface area contributed by atoms with Crippen LogP contribution in [-0.2, 0) is 16.1 Å². The van der Waals surface area contributed by atoms with Gasteiger partial charge in [0, 0.05) is 35.8 Å². The van der Waals surface area contributed by atoms with Gasteiger partial charge in [-0.2, -0.15) is 0 Å². The highest BCUT2D eigenvalue weighted by Gasteiger charge is 2.32. The Hall–Kier alpha value is -2.47. The van der Waals surface area contributed by atoms with Crippen LogP contribution >= 0.6 is 12.2 Å². The quantitative estimate of drug-likeness (QED) is 0.535. The molecule has 5 nitrogen and oxygen atoms in total. The van der Waals surface area contributed by atoms with E-state index in [0.717, 1.165) is 23.0 Å². The first-order valence-electron chi connectivity index (χ1n) is 7.53. The van der Waals surface area contributed by atoms with E-state index in [1.165, 1.54) is 4.90 Å². The number of carbonyl (C=O) groups is 2. The van der Waals surface area contributed by atoms with Crippen LogP contribution in [0.1, 0.15) is 19.4 Å². The Labute approximate surface area is 139 Å². The van der Waals surface area contributed by atoms with Crippen molar-refractivity contribution in [2.75, 3.05) is 6.54 Å². The number of aromatic nitrogens is 1. The van der Waals surface area contributed by atoms with Crippen molar-refractivity contribution in [3.63, 3.8) is 0 Å². The van der Waals surface area contributed by atoms with Gasteiger partial charge in [-0.05, 0) is 38.2 Å². The van der Waals surface area contributed by atoms with Crippen LogP contribution in [-0.4, -0.2) is 32.9 Å². The van der Waals surface area contributed by atoms with Gasteiger partial charge in [0.15, 0.2) is 5.11 Å². The van der Waals surface area contributed by atoms with Crippen molar-refractivity contribution in [3.05, 3.63) is 41.6 Å². The average Bonchev–Trinajstić information content (AvgIpc) is 2.90. The largest absolute Gasteiger partial charge is 0.347 e. The van der Waals surface area contributed by atoms with E-state index in [4.69, 9.17) is 12.2 Å². The molecule has 0 saturated carbocycles. The zero-order valence-electron chi connectivity index (χ0n) is 13.0. The summed E-state index contributed by atoms with van der Waals surface area (Å²) in [6.45, 7) is 5.11. The second-order valence-corrected chi connectivity index (χ2v) is 5.64. The number of thiocarbonyl (C=S) groups is 1. The molecule has 1 aliphatic heterocycles. The number of likely N-dealkylation sites (N-methyl/N-ethyl adjacent to an activating group) is 1. The molecule has 0 atom stereocenters. The van der Waals surface area contributed by atoms with Crippen LogP contribution in [0.2, 0.25) is 0 Å². The zero-order chi connectivity index (χ0) is 16.6. The SMILES string of the molecule is CCN1C(=O)/C(=C\c2cn(CC)c3ccccc23)C(=O)NC1=S.